The van der Waals surface area contributed by atoms with Crippen LogP contribution in [-0.2, 0) is 0 Å². The molecular formula is C21H36N4O2. The summed E-state index contributed by atoms with van der Waals surface area (Å²) in [6, 6.07) is 5.66. The van der Waals surface area contributed by atoms with Gasteiger partial charge in [-0.15, -0.1) is 0 Å². The van der Waals surface area contributed by atoms with E-state index >= 15 is 0 Å². The Kier molecular flexibility index (Phi) is 8.13. The highest BCUT2D eigenvalue weighted by Crippen LogP contribution is 2.22. The van der Waals surface area contributed by atoms with Gasteiger partial charge in [0.15, 0.2) is 0 Å². The maximum absolute atomic E-state index is 12.7. The van der Waals surface area contributed by atoms with Gasteiger partial charge >= 0.3 is 12.1 Å². The summed E-state index contributed by atoms with van der Waals surface area (Å²) < 4.78 is 0. The van der Waals surface area contributed by atoms with Gasteiger partial charge in [-0.25, -0.2) is 9.59 Å². The molecule has 27 heavy (non-hydrogen) atoms. The van der Waals surface area contributed by atoms with E-state index in [0.717, 1.165) is 5.56 Å². The summed E-state index contributed by atoms with van der Waals surface area (Å²) in [5.41, 5.74) is 2.30. The SMILES string of the molecule is Cc1ccc(NC(=O)N(C(C)C)C(C)C)cc1NC(=O)N(C(C)C)C(C)C. The van der Waals surface area contributed by atoms with Crippen LogP contribution in [0.5, 0.6) is 0 Å². The van der Waals surface area contributed by atoms with Crippen molar-refractivity contribution in [3.63, 3.8) is 0 Å². The van der Waals surface area contributed by atoms with Crippen molar-refractivity contribution >= 4 is 23.4 Å². The molecule has 6 heteroatoms. The van der Waals surface area contributed by atoms with Crippen LogP contribution in [0.1, 0.15) is 61.0 Å². The summed E-state index contributed by atoms with van der Waals surface area (Å²) in [6.07, 6.45) is 0. The maximum atomic E-state index is 12.7. The van der Waals surface area contributed by atoms with E-state index in [2.05, 4.69) is 10.6 Å². The van der Waals surface area contributed by atoms with E-state index in [0.29, 0.717) is 11.4 Å². The molecule has 0 aromatic heterocycles. The number of amides is 4. The van der Waals surface area contributed by atoms with Gasteiger partial charge < -0.3 is 20.4 Å². The third kappa shape index (κ3) is 6.15. The first kappa shape index (κ1) is 22.8. The van der Waals surface area contributed by atoms with Crippen molar-refractivity contribution in [2.24, 2.45) is 0 Å². The minimum atomic E-state index is -0.146. The number of carbonyl (C=O) groups excluding carboxylic acids is 2. The molecule has 1 aromatic rings. The van der Waals surface area contributed by atoms with Crippen LogP contribution < -0.4 is 10.6 Å². The number of aryl methyl sites for hydroxylation is 1. The highest BCUT2D eigenvalue weighted by Gasteiger charge is 2.22. The molecule has 4 amide bonds. The lowest BCUT2D eigenvalue weighted by molar-refractivity contribution is 0.177. The molecular weight excluding hydrogens is 340 g/mol. The molecule has 1 aromatic carbocycles. The first-order valence-electron chi connectivity index (χ1n) is 9.75. The molecule has 2 N–H and O–H groups in total. The summed E-state index contributed by atoms with van der Waals surface area (Å²) in [5, 5.41) is 5.93. The van der Waals surface area contributed by atoms with Crippen molar-refractivity contribution in [3.8, 4) is 0 Å². The third-order valence-electron chi connectivity index (χ3n) is 4.42. The number of hydrogen-bond donors (Lipinski definition) is 2. The normalized spacial score (nSPS) is 11.3. The lowest BCUT2D eigenvalue weighted by Crippen LogP contribution is -2.45. The van der Waals surface area contributed by atoms with Crippen molar-refractivity contribution in [3.05, 3.63) is 23.8 Å². The first-order chi connectivity index (χ1) is 12.5. The van der Waals surface area contributed by atoms with Crippen molar-refractivity contribution in [2.45, 2.75) is 86.5 Å². The lowest BCUT2D eigenvalue weighted by atomic mass is 10.1. The molecule has 0 spiro atoms. The van der Waals surface area contributed by atoms with Crippen molar-refractivity contribution < 1.29 is 9.59 Å². The number of nitrogens with one attached hydrogen (secondary N) is 2. The number of benzene rings is 1. The summed E-state index contributed by atoms with van der Waals surface area (Å²) in [5.74, 6) is 0. The van der Waals surface area contributed by atoms with Crippen molar-refractivity contribution in [2.75, 3.05) is 10.6 Å². The van der Waals surface area contributed by atoms with E-state index in [9.17, 15) is 9.59 Å². The van der Waals surface area contributed by atoms with Gasteiger partial charge in [0.05, 0.1) is 0 Å². The van der Waals surface area contributed by atoms with Gasteiger partial charge in [-0.1, -0.05) is 6.07 Å². The molecule has 0 bridgehead atoms. The highest BCUT2D eigenvalue weighted by atomic mass is 16.2. The third-order valence-corrected chi connectivity index (χ3v) is 4.42. The number of carbonyl (C=O) groups is 2. The Labute approximate surface area is 164 Å². The standard InChI is InChI=1S/C21H36N4O2/c1-13(2)24(14(3)4)20(26)22-18-11-10-17(9)19(12-18)23-21(27)25(15(5)6)16(7)8/h10-16H,1-9H3,(H,22,26)(H,23,27). The van der Waals surface area contributed by atoms with Crippen LogP contribution in [0.4, 0.5) is 21.0 Å². The van der Waals surface area contributed by atoms with Crippen molar-refractivity contribution in [1.82, 2.24) is 9.80 Å². The molecule has 0 aliphatic heterocycles. The Morgan fingerprint density at radius 2 is 1.15 bits per heavy atom. The van der Waals surface area contributed by atoms with Crippen LogP contribution in [0.15, 0.2) is 18.2 Å². The molecule has 0 saturated heterocycles. The first-order valence-corrected chi connectivity index (χ1v) is 9.75. The number of urea groups is 2. The average Bonchev–Trinajstić information content (AvgIpc) is 2.48. The quantitative estimate of drug-likeness (QED) is 0.708. The fourth-order valence-corrected chi connectivity index (χ4v) is 3.33. The largest absolute Gasteiger partial charge is 0.322 e. The minimum Gasteiger partial charge on any atom is -0.320 e. The zero-order chi connectivity index (χ0) is 20.9. The second kappa shape index (κ2) is 9.62. The minimum absolute atomic E-state index is 0.0961. The van der Waals surface area contributed by atoms with Crippen LogP contribution >= 0.6 is 0 Å². The number of hydrogen-bond acceptors (Lipinski definition) is 2. The Hall–Kier alpha value is -2.24. The topological polar surface area (TPSA) is 64.7 Å². The van der Waals surface area contributed by atoms with Gasteiger partial charge in [-0.2, -0.15) is 0 Å². The van der Waals surface area contributed by atoms with Crippen LogP contribution in [-0.4, -0.2) is 46.0 Å². The molecule has 0 fully saturated rings. The van der Waals surface area contributed by atoms with E-state index in [-0.39, 0.29) is 36.2 Å². The molecule has 0 saturated carbocycles. The lowest BCUT2D eigenvalue weighted by Gasteiger charge is -2.31. The van der Waals surface area contributed by atoms with Crippen LogP contribution in [0, 0.1) is 6.92 Å². The molecule has 0 aliphatic rings. The Morgan fingerprint density at radius 3 is 1.56 bits per heavy atom. The Bertz CT molecular complexity index is 638. The number of anilines is 2. The van der Waals surface area contributed by atoms with Gasteiger partial charge in [0, 0.05) is 35.5 Å². The Balaban J connectivity index is 3.00. The van der Waals surface area contributed by atoms with Gasteiger partial charge in [-0.05, 0) is 80.0 Å². The van der Waals surface area contributed by atoms with Crippen LogP contribution in [0.3, 0.4) is 0 Å². The van der Waals surface area contributed by atoms with Gasteiger partial charge in [0.2, 0.25) is 0 Å². The number of rotatable bonds is 6. The summed E-state index contributed by atoms with van der Waals surface area (Å²) >= 11 is 0. The monoisotopic (exact) mass is 376 g/mol. The predicted octanol–water partition coefficient (Wildman–Crippen LogP) is 5.30. The molecule has 1 rings (SSSR count). The van der Waals surface area contributed by atoms with Gasteiger partial charge in [0.25, 0.3) is 0 Å². The van der Waals surface area contributed by atoms with Crippen LogP contribution in [0.2, 0.25) is 0 Å². The molecule has 0 radical (unpaired) electrons. The Morgan fingerprint density at radius 1 is 0.741 bits per heavy atom. The van der Waals surface area contributed by atoms with Crippen molar-refractivity contribution in [1.29, 1.82) is 0 Å². The predicted molar refractivity (Wildman–Crippen MR) is 113 cm³/mol. The maximum Gasteiger partial charge on any atom is 0.322 e. The van der Waals surface area contributed by atoms with E-state index in [1.54, 1.807) is 9.80 Å². The van der Waals surface area contributed by atoms with E-state index in [1.807, 2.05) is 80.5 Å². The molecule has 0 atom stereocenters. The molecule has 6 nitrogen and oxygen atoms in total. The zero-order valence-corrected chi connectivity index (χ0v) is 18.3. The van der Waals surface area contributed by atoms with Gasteiger partial charge in [-0.3, -0.25) is 0 Å². The van der Waals surface area contributed by atoms with E-state index in [1.165, 1.54) is 0 Å². The molecule has 0 unspecified atom stereocenters. The summed E-state index contributed by atoms with van der Waals surface area (Å²) in [6.45, 7) is 17.9. The average molecular weight is 377 g/mol. The fourth-order valence-electron chi connectivity index (χ4n) is 3.33. The number of nitrogens with zero attached hydrogens (tertiary/aromatic N) is 2. The summed E-state index contributed by atoms with van der Waals surface area (Å²) in [4.78, 5) is 28.9. The summed E-state index contributed by atoms with van der Waals surface area (Å²) in [7, 11) is 0. The van der Waals surface area contributed by atoms with Gasteiger partial charge in [0.1, 0.15) is 0 Å². The highest BCUT2D eigenvalue weighted by molar-refractivity contribution is 5.94. The molecule has 0 aliphatic carbocycles. The fraction of sp³-hybridized carbons (Fsp3) is 0.619. The van der Waals surface area contributed by atoms with E-state index < -0.39 is 0 Å². The molecule has 152 valence electrons. The van der Waals surface area contributed by atoms with E-state index in [4.69, 9.17) is 0 Å². The zero-order valence-electron chi connectivity index (χ0n) is 18.3. The smallest absolute Gasteiger partial charge is 0.320 e. The second-order valence-corrected chi connectivity index (χ2v) is 8.08. The van der Waals surface area contributed by atoms with Crippen LogP contribution in [0.25, 0.3) is 0 Å². The second-order valence-electron chi connectivity index (χ2n) is 8.08. The molecule has 0 heterocycles.